The number of amides is 2. The summed E-state index contributed by atoms with van der Waals surface area (Å²) in [5.74, 6) is 1.13. The predicted molar refractivity (Wildman–Crippen MR) is 125 cm³/mol. The summed E-state index contributed by atoms with van der Waals surface area (Å²) in [5, 5.41) is 15.4. The van der Waals surface area contributed by atoms with Crippen LogP contribution < -0.4 is 15.4 Å². The molecule has 1 heterocycles. The molecule has 2 aromatic carbocycles. The Hall–Kier alpha value is -3.04. The summed E-state index contributed by atoms with van der Waals surface area (Å²) < 4.78 is 7.00. The monoisotopic (exact) mass is 473 g/mol. The quantitative estimate of drug-likeness (QED) is 0.452. The van der Waals surface area contributed by atoms with Crippen molar-refractivity contribution in [3.8, 4) is 5.75 Å². The minimum atomic E-state index is -0.367. The number of aromatic nitrogens is 3. The lowest BCUT2D eigenvalue weighted by Crippen LogP contribution is -2.28. The smallest absolute Gasteiger partial charge is 0.251 e. The zero-order valence-electron chi connectivity index (χ0n) is 18.0. The first-order chi connectivity index (χ1) is 15.4. The fraction of sp³-hybridized carbons (Fsp3) is 0.273. The summed E-state index contributed by atoms with van der Waals surface area (Å²) in [6, 6.07) is 13.4. The van der Waals surface area contributed by atoms with Crippen molar-refractivity contribution >= 4 is 40.9 Å². The van der Waals surface area contributed by atoms with Gasteiger partial charge in [-0.3, -0.25) is 9.59 Å². The molecule has 0 saturated carbocycles. The van der Waals surface area contributed by atoms with E-state index < -0.39 is 0 Å². The molecule has 32 heavy (non-hydrogen) atoms. The number of anilines is 1. The SMILES string of the molecule is CCn1c(SCC(=O)Nc2ccc(OC)cc2)nnc1[C@@H](C)NC(=O)c1ccc(Cl)cc1. The van der Waals surface area contributed by atoms with Crippen LogP contribution >= 0.6 is 23.4 Å². The van der Waals surface area contributed by atoms with E-state index in [-0.39, 0.29) is 23.6 Å². The van der Waals surface area contributed by atoms with E-state index in [9.17, 15) is 9.59 Å². The lowest BCUT2D eigenvalue weighted by molar-refractivity contribution is -0.113. The van der Waals surface area contributed by atoms with Gasteiger partial charge in [0.25, 0.3) is 5.91 Å². The molecule has 0 spiro atoms. The van der Waals surface area contributed by atoms with E-state index in [1.165, 1.54) is 11.8 Å². The van der Waals surface area contributed by atoms with Crippen LogP contribution in [0.2, 0.25) is 5.02 Å². The average molecular weight is 474 g/mol. The lowest BCUT2D eigenvalue weighted by atomic mass is 10.2. The molecule has 0 aliphatic rings. The number of ether oxygens (including phenoxy) is 1. The van der Waals surface area contributed by atoms with Gasteiger partial charge in [0.1, 0.15) is 5.75 Å². The number of nitrogens with zero attached hydrogens (tertiary/aromatic N) is 3. The molecule has 0 unspecified atom stereocenters. The number of hydrogen-bond donors (Lipinski definition) is 2. The van der Waals surface area contributed by atoms with Crippen LogP contribution in [-0.4, -0.2) is 39.4 Å². The highest BCUT2D eigenvalue weighted by Gasteiger charge is 2.20. The third-order valence-electron chi connectivity index (χ3n) is 4.61. The lowest BCUT2D eigenvalue weighted by Gasteiger charge is -2.15. The minimum Gasteiger partial charge on any atom is -0.497 e. The fourth-order valence-corrected chi connectivity index (χ4v) is 3.91. The molecule has 0 fully saturated rings. The fourth-order valence-electron chi connectivity index (χ4n) is 2.97. The zero-order valence-corrected chi connectivity index (χ0v) is 19.5. The third kappa shape index (κ3) is 6.02. The van der Waals surface area contributed by atoms with Crippen LogP contribution in [0.3, 0.4) is 0 Å². The Bertz CT molecular complexity index is 1070. The number of benzene rings is 2. The molecule has 0 bridgehead atoms. The average Bonchev–Trinajstić information content (AvgIpc) is 3.21. The van der Waals surface area contributed by atoms with Crippen molar-refractivity contribution in [1.29, 1.82) is 0 Å². The van der Waals surface area contributed by atoms with Gasteiger partial charge in [-0.05, 0) is 62.4 Å². The standard InChI is InChI=1S/C22H24ClN5O3S/c1-4-28-20(14(2)24-21(30)15-5-7-16(23)8-6-15)26-27-22(28)32-13-19(29)25-17-9-11-18(31-3)12-10-17/h5-12,14H,4,13H2,1-3H3,(H,24,30)(H,25,29)/t14-/m1/s1. The van der Waals surface area contributed by atoms with Gasteiger partial charge in [0.2, 0.25) is 5.91 Å². The summed E-state index contributed by atoms with van der Waals surface area (Å²) in [5.41, 5.74) is 1.20. The molecule has 2 N–H and O–H groups in total. The van der Waals surface area contributed by atoms with Crippen molar-refractivity contribution in [3.05, 3.63) is 64.9 Å². The van der Waals surface area contributed by atoms with E-state index in [2.05, 4.69) is 20.8 Å². The first kappa shape index (κ1) is 23.6. The molecule has 1 aromatic heterocycles. The van der Waals surface area contributed by atoms with Crippen molar-refractivity contribution in [1.82, 2.24) is 20.1 Å². The van der Waals surface area contributed by atoms with E-state index in [1.54, 1.807) is 55.6 Å². The number of carbonyl (C=O) groups excluding carboxylic acids is 2. The largest absolute Gasteiger partial charge is 0.497 e. The molecule has 8 nitrogen and oxygen atoms in total. The topological polar surface area (TPSA) is 98.1 Å². The number of nitrogens with one attached hydrogen (secondary N) is 2. The van der Waals surface area contributed by atoms with E-state index in [4.69, 9.17) is 16.3 Å². The first-order valence-corrected chi connectivity index (χ1v) is 11.3. The summed E-state index contributed by atoms with van der Waals surface area (Å²) in [6.45, 7) is 4.41. The Labute approximate surface area is 195 Å². The van der Waals surface area contributed by atoms with E-state index >= 15 is 0 Å². The highest BCUT2D eigenvalue weighted by atomic mass is 35.5. The third-order valence-corrected chi connectivity index (χ3v) is 5.83. The molecule has 0 aliphatic carbocycles. The maximum atomic E-state index is 12.5. The van der Waals surface area contributed by atoms with E-state index in [0.29, 0.717) is 33.8 Å². The molecule has 2 amide bonds. The van der Waals surface area contributed by atoms with Crippen LogP contribution in [0, 0.1) is 0 Å². The molecule has 0 saturated heterocycles. The first-order valence-electron chi connectivity index (χ1n) is 9.97. The number of methoxy groups -OCH3 is 1. The molecule has 3 rings (SSSR count). The van der Waals surface area contributed by atoms with Gasteiger partial charge in [0, 0.05) is 22.8 Å². The minimum absolute atomic E-state index is 0.156. The Balaban J connectivity index is 1.60. The summed E-state index contributed by atoms with van der Waals surface area (Å²) >= 11 is 7.17. The van der Waals surface area contributed by atoms with Crippen molar-refractivity contribution in [2.75, 3.05) is 18.2 Å². The summed E-state index contributed by atoms with van der Waals surface area (Å²) in [4.78, 5) is 24.8. The Morgan fingerprint density at radius 1 is 1.12 bits per heavy atom. The van der Waals surface area contributed by atoms with Crippen molar-refractivity contribution in [2.24, 2.45) is 0 Å². The van der Waals surface area contributed by atoms with Gasteiger partial charge in [-0.2, -0.15) is 0 Å². The maximum Gasteiger partial charge on any atom is 0.251 e. The number of rotatable bonds is 9. The van der Waals surface area contributed by atoms with Gasteiger partial charge in [-0.15, -0.1) is 10.2 Å². The van der Waals surface area contributed by atoms with Crippen molar-refractivity contribution in [3.63, 3.8) is 0 Å². The highest BCUT2D eigenvalue weighted by molar-refractivity contribution is 7.99. The second-order valence-electron chi connectivity index (χ2n) is 6.85. The van der Waals surface area contributed by atoms with Crippen LogP contribution in [0.5, 0.6) is 5.75 Å². The van der Waals surface area contributed by atoms with E-state index in [1.807, 2.05) is 18.4 Å². The van der Waals surface area contributed by atoms with Gasteiger partial charge in [-0.1, -0.05) is 23.4 Å². The zero-order chi connectivity index (χ0) is 23.1. The highest BCUT2D eigenvalue weighted by Crippen LogP contribution is 2.22. The molecule has 3 aromatic rings. The van der Waals surface area contributed by atoms with Crippen LogP contribution in [0.1, 0.15) is 36.1 Å². The molecule has 10 heteroatoms. The molecule has 0 radical (unpaired) electrons. The van der Waals surface area contributed by atoms with Gasteiger partial charge < -0.3 is 19.9 Å². The van der Waals surface area contributed by atoms with Crippen molar-refractivity contribution in [2.45, 2.75) is 31.6 Å². The van der Waals surface area contributed by atoms with Gasteiger partial charge in [0.05, 0.1) is 18.9 Å². The Kier molecular flexibility index (Phi) is 8.13. The number of hydrogen-bond acceptors (Lipinski definition) is 6. The number of carbonyl (C=O) groups is 2. The Morgan fingerprint density at radius 2 is 1.81 bits per heavy atom. The Morgan fingerprint density at radius 3 is 2.44 bits per heavy atom. The van der Waals surface area contributed by atoms with Crippen LogP contribution in [0.4, 0.5) is 5.69 Å². The predicted octanol–water partition coefficient (Wildman–Crippen LogP) is 4.18. The van der Waals surface area contributed by atoms with Crippen molar-refractivity contribution < 1.29 is 14.3 Å². The normalized spacial score (nSPS) is 11.6. The molecule has 0 aliphatic heterocycles. The van der Waals surface area contributed by atoms with Crippen LogP contribution in [0.25, 0.3) is 0 Å². The molecular formula is C22H24ClN5O3S. The molecular weight excluding hydrogens is 450 g/mol. The van der Waals surface area contributed by atoms with Gasteiger partial charge in [0.15, 0.2) is 11.0 Å². The van der Waals surface area contributed by atoms with Gasteiger partial charge in [-0.25, -0.2) is 0 Å². The summed E-state index contributed by atoms with van der Waals surface area (Å²) in [6.07, 6.45) is 0. The van der Waals surface area contributed by atoms with Crippen LogP contribution in [-0.2, 0) is 11.3 Å². The van der Waals surface area contributed by atoms with Crippen LogP contribution in [0.15, 0.2) is 53.7 Å². The van der Waals surface area contributed by atoms with Gasteiger partial charge >= 0.3 is 0 Å². The summed E-state index contributed by atoms with van der Waals surface area (Å²) in [7, 11) is 1.59. The number of halogens is 1. The molecule has 168 valence electrons. The van der Waals surface area contributed by atoms with E-state index in [0.717, 1.165) is 5.75 Å². The second kappa shape index (κ2) is 11.0. The molecule has 1 atom stereocenters. The maximum absolute atomic E-state index is 12.5. The second-order valence-corrected chi connectivity index (χ2v) is 8.23. The number of thioether (sulfide) groups is 1.